The molecule has 1 atom stereocenters. The van der Waals surface area contributed by atoms with Crippen LogP contribution in [0.2, 0.25) is 0 Å². The van der Waals surface area contributed by atoms with E-state index in [1.54, 1.807) is 6.92 Å². The van der Waals surface area contributed by atoms with E-state index < -0.39 is 15.4 Å². The molecule has 0 aromatic carbocycles. The second-order valence-corrected chi connectivity index (χ2v) is 6.82. The molecule has 1 rings (SSSR count). The van der Waals surface area contributed by atoms with E-state index in [-0.39, 0.29) is 24.0 Å². The molecule has 0 radical (unpaired) electrons. The molecule has 16 heavy (non-hydrogen) atoms. The van der Waals surface area contributed by atoms with Gasteiger partial charge in [0.1, 0.15) is 0 Å². The van der Waals surface area contributed by atoms with Crippen LogP contribution < -0.4 is 5.32 Å². The lowest BCUT2D eigenvalue weighted by atomic mass is 10.0. The first-order valence-corrected chi connectivity index (χ1v) is 7.31. The summed E-state index contributed by atoms with van der Waals surface area (Å²) in [6.07, 6.45) is 2.06. The maximum absolute atomic E-state index is 11.5. The standard InChI is InChI=1S/C10H19NO4S/c1-10(5-7-16(14,15)8-10)11-9(13)4-2-3-6-12/h12H,2-8H2,1H3,(H,11,13). The van der Waals surface area contributed by atoms with Gasteiger partial charge in [0.2, 0.25) is 5.91 Å². The van der Waals surface area contributed by atoms with Gasteiger partial charge in [-0.2, -0.15) is 0 Å². The third kappa shape index (κ3) is 4.09. The molecule has 6 heteroatoms. The van der Waals surface area contributed by atoms with Gasteiger partial charge in [-0.25, -0.2) is 8.42 Å². The van der Waals surface area contributed by atoms with Crippen LogP contribution in [0.15, 0.2) is 0 Å². The van der Waals surface area contributed by atoms with Crippen LogP contribution in [0.1, 0.15) is 32.6 Å². The smallest absolute Gasteiger partial charge is 0.220 e. The number of amides is 1. The average molecular weight is 249 g/mol. The van der Waals surface area contributed by atoms with Crippen molar-refractivity contribution in [3.8, 4) is 0 Å². The number of hydrogen-bond acceptors (Lipinski definition) is 4. The zero-order valence-electron chi connectivity index (χ0n) is 9.53. The van der Waals surface area contributed by atoms with Crippen LogP contribution >= 0.6 is 0 Å². The predicted molar refractivity (Wildman–Crippen MR) is 60.8 cm³/mol. The molecule has 0 spiro atoms. The van der Waals surface area contributed by atoms with Crippen LogP contribution in [0.3, 0.4) is 0 Å². The van der Waals surface area contributed by atoms with Crippen molar-refractivity contribution in [2.45, 2.75) is 38.1 Å². The molecule has 0 bridgehead atoms. The van der Waals surface area contributed by atoms with E-state index >= 15 is 0 Å². The topological polar surface area (TPSA) is 83.5 Å². The van der Waals surface area contributed by atoms with Gasteiger partial charge in [-0.3, -0.25) is 4.79 Å². The number of carbonyl (C=O) groups is 1. The van der Waals surface area contributed by atoms with Crippen molar-refractivity contribution in [2.75, 3.05) is 18.1 Å². The van der Waals surface area contributed by atoms with Gasteiger partial charge in [-0.1, -0.05) is 0 Å². The van der Waals surface area contributed by atoms with Gasteiger partial charge in [-0.15, -0.1) is 0 Å². The van der Waals surface area contributed by atoms with Gasteiger partial charge < -0.3 is 10.4 Å². The molecule has 2 N–H and O–H groups in total. The number of rotatable bonds is 5. The second kappa shape index (κ2) is 5.14. The van der Waals surface area contributed by atoms with Gasteiger partial charge in [0.05, 0.1) is 17.0 Å². The first kappa shape index (κ1) is 13.4. The molecule has 0 aromatic rings. The number of hydrogen-bond donors (Lipinski definition) is 2. The van der Waals surface area contributed by atoms with Gasteiger partial charge in [-0.05, 0) is 26.2 Å². The fraction of sp³-hybridized carbons (Fsp3) is 0.900. The van der Waals surface area contributed by atoms with E-state index in [4.69, 9.17) is 5.11 Å². The second-order valence-electron chi connectivity index (χ2n) is 4.63. The van der Waals surface area contributed by atoms with E-state index in [9.17, 15) is 13.2 Å². The third-order valence-corrected chi connectivity index (χ3v) is 4.66. The van der Waals surface area contributed by atoms with Gasteiger partial charge in [0.25, 0.3) is 0 Å². The van der Waals surface area contributed by atoms with Crippen molar-refractivity contribution in [1.82, 2.24) is 5.32 Å². The Bertz CT molecular complexity index is 352. The van der Waals surface area contributed by atoms with Gasteiger partial charge in [0, 0.05) is 13.0 Å². The summed E-state index contributed by atoms with van der Waals surface area (Å²) < 4.78 is 22.6. The largest absolute Gasteiger partial charge is 0.396 e. The molecule has 0 saturated carbocycles. The minimum atomic E-state index is -2.98. The SMILES string of the molecule is CC1(NC(=O)CCCCO)CCS(=O)(=O)C1. The molecular formula is C10H19NO4S. The predicted octanol–water partition coefficient (Wildman–Crippen LogP) is -0.158. The van der Waals surface area contributed by atoms with Crippen molar-refractivity contribution in [3.63, 3.8) is 0 Å². The van der Waals surface area contributed by atoms with Crippen LogP contribution in [-0.2, 0) is 14.6 Å². The van der Waals surface area contributed by atoms with E-state index in [2.05, 4.69) is 5.32 Å². The Kier molecular flexibility index (Phi) is 4.32. The van der Waals surface area contributed by atoms with Crippen molar-refractivity contribution < 1.29 is 18.3 Å². The molecule has 0 aromatic heterocycles. The van der Waals surface area contributed by atoms with Gasteiger partial charge >= 0.3 is 0 Å². The number of unbranched alkanes of at least 4 members (excludes halogenated alkanes) is 1. The summed E-state index contributed by atoms with van der Waals surface area (Å²) in [6.45, 7) is 1.85. The highest BCUT2D eigenvalue weighted by Gasteiger charge is 2.39. The van der Waals surface area contributed by atoms with Crippen molar-refractivity contribution in [1.29, 1.82) is 0 Å². The summed E-state index contributed by atoms with van der Waals surface area (Å²) in [6, 6.07) is 0. The first-order chi connectivity index (χ1) is 7.37. The fourth-order valence-corrected chi connectivity index (χ4v) is 4.00. The maximum atomic E-state index is 11.5. The molecular weight excluding hydrogens is 230 g/mol. The summed E-state index contributed by atoms with van der Waals surface area (Å²) in [5, 5.41) is 11.3. The third-order valence-electron chi connectivity index (χ3n) is 2.76. The Balaban J connectivity index is 2.39. The lowest BCUT2D eigenvalue weighted by Crippen LogP contribution is -2.46. The van der Waals surface area contributed by atoms with Crippen LogP contribution in [0.5, 0.6) is 0 Å². The average Bonchev–Trinajstić information content (AvgIpc) is 2.40. The summed E-state index contributed by atoms with van der Waals surface area (Å²) in [4.78, 5) is 11.5. The summed E-state index contributed by atoms with van der Waals surface area (Å²) >= 11 is 0. The Morgan fingerprint density at radius 1 is 1.44 bits per heavy atom. The summed E-state index contributed by atoms with van der Waals surface area (Å²) in [7, 11) is -2.98. The van der Waals surface area contributed by atoms with E-state index in [0.717, 1.165) is 0 Å². The number of sulfone groups is 1. The van der Waals surface area contributed by atoms with Crippen LogP contribution in [0.4, 0.5) is 0 Å². The molecule has 1 fully saturated rings. The Morgan fingerprint density at radius 3 is 2.62 bits per heavy atom. The minimum Gasteiger partial charge on any atom is -0.396 e. The van der Waals surface area contributed by atoms with Gasteiger partial charge in [0.15, 0.2) is 9.84 Å². The molecule has 1 heterocycles. The van der Waals surface area contributed by atoms with E-state index in [0.29, 0.717) is 25.7 Å². The van der Waals surface area contributed by atoms with E-state index in [1.807, 2.05) is 0 Å². The number of carbonyl (C=O) groups excluding carboxylic acids is 1. The maximum Gasteiger partial charge on any atom is 0.220 e. The van der Waals surface area contributed by atoms with Crippen molar-refractivity contribution in [2.24, 2.45) is 0 Å². The number of nitrogens with one attached hydrogen (secondary N) is 1. The quantitative estimate of drug-likeness (QED) is 0.663. The van der Waals surface area contributed by atoms with E-state index in [1.165, 1.54) is 0 Å². The monoisotopic (exact) mass is 249 g/mol. The normalized spacial score (nSPS) is 27.9. The first-order valence-electron chi connectivity index (χ1n) is 5.49. The minimum absolute atomic E-state index is 0.0335. The zero-order chi connectivity index (χ0) is 12.2. The number of aliphatic hydroxyl groups excluding tert-OH is 1. The molecule has 1 unspecified atom stereocenters. The highest BCUT2D eigenvalue weighted by atomic mass is 32.2. The Hall–Kier alpha value is -0.620. The van der Waals surface area contributed by atoms with Crippen LogP contribution in [-0.4, -0.2) is 43.1 Å². The Morgan fingerprint density at radius 2 is 2.12 bits per heavy atom. The summed E-state index contributed by atoms with van der Waals surface area (Å²) in [5.41, 5.74) is -0.602. The molecule has 94 valence electrons. The molecule has 1 amide bonds. The molecule has 1 saturated heterocycles. The van der Waals surface area contributed by atoms with Crippen LogP contribution in [0, 0.1) is 0 Å². The fourth-order valence-electron chi connectivity index (χ4n) is 1.91. The molecule has 1 aliphatic rings. The van der Waals surface area contributed by atoms with Crippen molar-refractivity contribution >= 4 is 15.7 Å². The van der Waals surface area contributed by atoms with Crippen molar-refractivity contribution in [3.05, 3.63) is 0 Å². The Labute approximate surface area is 96.1 Å². The van der Waals surface area contributed by atoms with Crippen LogP contribution in [0.25, 0.3) is 0 Å². The zero-order valence-corrected chi connectivity index (χ0v) is 10.3. The lowest BCUT2D eigenvalue weighted by molar-refractivity contribution is -0.122. The molecule has 1 aliphatic heterocycles. The lowest BCUT2D eigenvalue weighted by Gasteiger charge is -2.23. The highest BCUT2D eigenvalue weighted by molar-refractivity contribution is 7.91. The number of aliphatic hydroxyl groups is 1. The molecule has 5 nitrogen and oxygen atoms in total. The molecule has 0 aliphatic carbocycles. The summed E-state index contributed by atoms with van der Waals surface area (Å²) in [5.74, 6) is 0.0552. The highest BCUT2D eigenvalue weighted by Crippen LogP contribution is 2.22.